The molecule has 1 atom stereocenters. The van der Waals surface area contributed by atoms with Gasteiger partial charge in [-0.25, -0.2) is 0 Å². The van der Waals surface area contributed by atoms with Gasteiger partial charge in [-0.3, -0.25) is 19.7 Å². The van der Waals surface area contributed by atoms with Crippen molar-refractivity contribution in [2.75, 3.05) is 59.9 Å². The van der Waals surface area contributed by atoms with E-state index in [4.69, 9.17) is 4.99 Å². The van der Waals surface area contributed by atoms with Crippen LogP contribution in [0.1, 0.15) is 78.6 Å². The van der Waals surface area contributed by atoms with E-state index in [1.54, 1.807) is 0 Å². The summed E-state index contributed by atoms with van der Waals surface area (Å²) in [5.74, 6) is 2.04. The van der Waals surface area contributed by atoms with Gasteiger partial charge in [0.2, 0.25) is 5.91 Å². The van der Waals surface area contributed by atoms with E-state index in [1.807, 2.05) is 44.4 Å². The first kappa shape index (κ1) is 46.5. The van der Waals surface area contributed by atoms with Gasteiger partial charge in [0.05, 0.1) is 25.7 Å². The van der Waals surface area contributed by atoms with Gasteiger partial charge in [-0.05, 0) is 112 Å². The Balaban J connectivity index is 1.76. The Morgan fingerprint density at radius 2 is 1.93 bits per heavy atom. The van der Waals surface area contributed by atoms with E-state index >= 15 is 0 Å². The summed E-state index contributed by atoms with van der Waals surface area (Å²) in [7, 11) is 3.97. The molecule has 0 spiro atoms. The van der Waals surface area contributed by atoms with Crippen molar-refractivity contribution in [2.45, 2.75) is 84.6 Å². The van der Waals surface area contributed by atoms with Crippen LogP contribution in [0.3, 0.4) is 0 Å². The molecule has 0 aromatic carbocycles. The minimum absolute atomic E-state index is 0.0714. The van der Waals surface area contributed by atoms with Crippen molar-refractivity contribution in [3.05, 3.63) is 138 Å². The number of hydrogen-bond acceptors (Lipinski definition) is 6. The molecule has 1 fully saturated rings. The minimum Gasteiger partial charge on any atom is -0.372 e. The number of hydrogen-bond donors (Lipinski definition) is 3. The zero-order valence-corrected chi connectivity index (χ0v) is 35.8. The first-order valence-electron chi connectivity index (χ1n) is 21.0. The summed E-state index contributed by atoms with van der Waals surface area (Å²) in [6, 6.07) is -0.389. The highest BCUT2D eigenvalue weighted by molar-refractivity contribution is 5.85. The molecule has 8 nitrogen and oxygen atoms in total. The Hall–Kier alpha value is -4.91. The van der Waals surface area contributed by atoms with Crippen molar-refractivity contribution < 1.29 is 4.79 Å². The van der Waals surface area contributed by atoms with Crippen molar-refractivity contribution in [3.8, 4) is 0 Å². The monoisotopic (exact) mass is 774 g/mol. The summed E-state index contributed by atoms with van der Waals surface area (Å²) in [6.07, 6.45) is 31.3. The first-order chi connectivity index (χ1) is 27.6. The van der Waals surface area contributed by atoms with Crippen LogP contribution < -0.4 is 16.0 Å². The average Bonchev–Trinajstić information content (AvgIpc) is 4.04. The molecule has 1 heterocycles. The van der Waals surface area contributed by atoms with Crippen molar-refractivity contribution in [3.63, 3.8) is 0 Å². The molecule has 8 heteroatoms. The molecule has 57 heavy (non-hydrogen) atoms. The van der Waals surface area contributed by atoms with E-state index in [-0.39, 0.29) is 17.9 Å². The average molecular weight is 774 g/mol. The van der Waals surface area contributed by atoms with Gasteiger partial charge in [-0.2, -0.15) is 0 Å². The predicted octanol–water partition coefficient (Wildman–Crippen LogP) is 8.88. The number of likely N-dealkylation sites (N-methyl/N-ethyl adjacent to an activating group) is 1. The van der Waals surface area contributed by atoms with Crippen LogP contribution in [0.15, 0.2) is 148 Å². The fourth-order valence-electron chi connectivity index (χ4n) is 6.69. The lowest BCUT2D eigenvalue weighted by Crippen LogP contribution is -2.46. The van der Waals surface area contributed by atoms with Gasteiger partial charge in [0, 0.05) is 43.9 Å². The molecule has 0 radical (unpaired) electrons. The number of carbonyl (C=O) groups excluding carboxylic acids is 1. The maximum Gasteiger partial charge on any atom is 0.223 e. The Morgan fingerprint density at radius 3 is 2.63 bits per heavy atom. The maximum atomic E-state index is 12.9. The highest BCUT2D eigenvalue weighted by Crippen LogP contribution is 2.30. The summed E-state index contributed by atoms with van der Waals surface area (Å²) in [5.41, 5.74) is 11.2. The van der Waals surface area contributed by atoms with Gasteiger partial charge in [-0.1, -0.05) is 94.3 Å². The van der Waals surface area contributed by atoms with Crippen molar-refractivity contribution >= 4 is 17.6 Å². The number of aliphatic imine (C=N–C) groups is 2. The van der Waals surface area contributed by atoms with Gasteiger partial charge >= 0.3 is 0 Å². The lowest BCUT2D eigenvalue weighted by atomic mass is 9.93. The second kappa shape index (κ2) is 26.1. The molecule has 1 saturated carbocycles. The van der Waals surface area contributed by atoms with Crippen LogP contribution in [0, 0.1) is 5.92 Å². The summed E-state index contributed by atoms with van der Waals surface area (Å²) in [6.45, 7) is 28.8. The molecular formula is C49H71N7O. The zero-order chi connectivity index (χ0) is 41.4. The number of amides is 1. The molecule has 3 rings (SSSR count). The van der Waals surface area contributed by atoms with Crippen molar-refractivity contribution in [1.29, 1.82) is 0 Å². The smallest absolute Gasteiger partial charge is 0.223 e. The van der Waals surface area contributed by atoms with Gasteiger partial charge in [0.15, 0.2) is 0 Å². The van der Waals surface area contributed by atoms with Gasteiger partial charge < -0.3 is 20.9 Å². The lowest BCUT2D eigenvalue weighted by molar-refractivity contribution is -0.122. The molecule has 0 aromatic rings. The molecule has 1 amide bonds. The molecule has 308 valence electrons. The third-order valence-electron chi connectivity index (χ3n) is 10.1. The van der Waals surface area contributed by atoms with Crippen molar-refractivity contribution in [1.82, 2.24) is 25.8 Å². The first-order valence-corrected chi connectivity index (χ1v) is 21.0. The van der Waals surface area contributed by atoms with Crippen LogP contribution in [0.4, 0.5) is 0 Å². The number of nitrogens with one attached hydrogen (secondary N) is 3. The Labute approximate surface area is 345 Å². The predicted molar refractivity (Wildman–Crippen MR) is 246 cm³/mol. The van der Waals surface area contributed by atoms with Crippen molar-refractivity contribution in [2.24, 2.45) is 15.9 Å². The summed E-state index contributed by atoms with van der Waals surface area (Å²) in [4.78, 5) is 27.0. The van der Waals surface area contributed by atoms with E-state index in [0.29, 0.717) is 19.6 Å². The molecule has 3 aliphatic rings. The summed E-state index contributed by atoms with van der Waals surface area (Å²) < 4.78 is 0. The number of amidine groups is 2. The topological polar surface area (TPSA) is 84.4 Å². The van der Waals surface area contributed by atoms with Gasteiger partial charge in [0.25, 0.3) is 0 Å². The molecule has 0 aromatic heterocycles. The number of fused-ring (bicyclic) bond motifs is 1. The van der Waals surface area contributed by atoms with Gasteiger partial charge in [-0.15, -0.1) is 12.3 Å². The number of allylic oxidation sites excluding steroid dienone is 10. The normalized spacial score (nSPS) is 20.3. The highest BCUT2D eigenvalue weighted by Gasteiger charge is 2.32. The number of rotatable bonds is 20. The molecule has 0 unspecified atom stereocenters. The molecule has 2 aliphatic carbocycles. The zero-order valence-electron chi connectivity index (χ0n) is 35.8. The number of carbonyl (C=O) groups is 1. The van der Waals surface area contributed by atoms with Crippen LogP contribution >= 0.6 is 0 Å². The molecule has 3 N–H and O–H groups in total. The Bertz CT molecular complexity index is 1720. The second-order valence-corrected chi connectivity index (χ2v) is 15.0. The molecule has 0 bridgehead atoms. The van der Waals surface area contributed by atoms with Gasteiger partial charge in [0.1, 0.15) is 11.7 Å². The molecule has 1 aliphatic heterocycles. The van der Waals surface area contributed by atoms with E-state index in [1.165, 1.54) is 11.1 Å². The number of nitrogens with zero attached hydrogens (tertiary/aromatic N) is 4. The Morgan fingerprint density at radius 1 is 1.14 bits per heavy atom. The fourth-order valence-corrected chi connectivity index (χ4v) is 6.69. The van der Waals surface area contributed by atoms with Crippen LogP contribution in [0.2, 0.25) is 0 Å². The standard InChI is InChI=1S/C49H71N7O/c1-10-14-16-19-39(6)48(54-49(57)44-29-30-44)40(7)56(34-13-4)37-46(50-8)51-31-17-21-42-25-23-38(5)24-26-45-35-53-47(36-55(9)33-12-3)52-32-18-22-43(45)28-27-41(42)20-15-11-2/h10-11,14,16,18-22,24,28,44,48H,2,5-7,12-13,15,17,23,25,27,29-37H2,1,3-4,8-9H3,(H,50,51)(H,52,53)(H,54,57)/b14-10-,19-16-,22-18-,41-20-,42-21-,43-28-/t26?,48-/m1/s1. The van der Waals surface area contributed by atoms with E-state index in [0.717, 1.165) is 124 Å². The molecule has 0 saturated heterocycles. The quantitative estimate of drug-likeness (QED) is 0.0288. The third kappa shape index (κ3) is 17.0. The highest BCUT2D eigenvalue weighted by atomic mass is 16.2. The van der Waals surface area contributed by atoms with Crippen LogP contribution in [0.5, 0.6) is 0 Å². The molecular weight excluding hydrogens is 703 g/mol. The lowest BCUT2D eigenvalue weighted by Gasteiger charge is -2.33. The maximum absolute atomic E-state index is 12.9. The minimum atomic E-state index is -0.389. The van der Waals surface area contributed by atoms with Crippen LogP contribution in [0.25, 0.3) is 0 Å². The van der Waals surface area contributed by atoms with E-state index < -0.39 is 0 Å². The van der Waals surface area contributed by atoms with Crippen LogP contribution in [-0.2, 0) is 4.79 Å². The third-order valence-corrected chi connectivity index (χ3v) is 10.1. The van der Waals surface area contributed by atoms with Crippen LogP contribution in [-0.4, -0.2) is 93.3 Å². The SMILES string of the molecule is C=CC/C=C1/C/C=C2/C=C\CN=C(CN(C)CCC)NCC2=C=CC(=C)CC/C1=C/CCNC(CN(CCC)C(=C)[C@H](NC(=O)C1CC1)C(=C)/C=C\C=C/C)=NC. The fraction of sp³-hybridized carbons (Fsp3) is 0.469. The second-order valence-electron chi connectivity index (χ2n) is 15.0. The van der Waals surface area contributed by atoms with E-state index in [9.17, 15) is 4.79 Å². The van der Waals surface area contributed by atoms with E-state index in [2.05, 4.69) is 120 Å². The summed E-state index contributed by atoms with van der Waals surface area (Å²) in [5, 5.41) is 10.5. The Kier molecular flexibility index (Phi) is 21.3. The summed E-state index contributed by atoms with van der Waals surface area (Å²) >= 11 is 0. The largest absolute Gasteiger partial charge is 0.372 e.